The Labute approximate surface area is 147 Å². The molecule has 138 valence electrons. The van der Waals surface area contributed by atoms with Gasteiger partial charge >= 0.3 is 12.1 Å². The molecule has 0 aromatic heterocycles. The molecule has 1 rings (SSSR count). The number of benzene rings is 1. The van der Waals surface area contributed by atoms with Crippen LogP contribution in [0, 0.1) is 6.92 Å². The van der Waals surface area contributed by atoms with Gasteiger partial charge in [-0.3, -0.25) is 0 Å². The van der Waals surface area contributed by atoms with Gasteiger partial charge in [0, 0.05) is 5.57 Å². The lowest BCUT2D eigenvalue weighted by Crippen LogP contribution is -2.16. The molecule has 0 aliphatic carbocycles. The van der Waals surface area contributed by atoms with E-state index in [1.54, 1.807) is 19.1 Å². The average molecular weight is 352 g/mol. The second-order valence-corrected chi connectivity index (χ2v) is 5.15. The highest BCUT2D eigenvalue weighted by Crippen LogP contribution is 2.11. The Morgan fingerprint density at radius 3 is 1.96 bits per heavy atom. The van der Waals surface area contributed by atoms with E-state index in [4.69, 9.17) is 23.7 Å². The summed E-state index contributed by atoms with van der Waals surface area (Å²) >= 11 is 0. The molecular weight excluding hydrogens is 328 g/mol. The molecule has 1 aromatic carbocycles. The Morgan fingerprint density at radius 1 is 0.880 bits per heavy atom. The van der Waals surface area contributed by atoms with Crippen LogP contribution >= 0.6 is 0 Å². The third-order valence-corrected chi connectivity index (χ3v) is 2.85. The maximum absolute atomic E-state index is 11.4. The van der Waals surface area contributed by atoms with E-state index in [9.17, 15) is 9.59 Å². The quantitative estimate of drug-likeness (QED) is 0.262. The van der Waals surface area contributed by atoms with Gasteiger partial charge in [-0.1, -0.05) is 24.3 Å². The molecule has 0 bridgehead atoms. The number of ether oxygens (including phenoxy) is 5. The minimum atomic E-state index is -0.775. The average Bonchev–Trinajstić information content (AvgIpc) is 2.58. The third kappa shape index (κ3) is 10.2. The summed E-state index contributed by atoms with van der Waals surface area (Å²) in [4.78, 5) is 22.5. The smallest absolute Gasteiger partial charge is 0.460 e. The van der Waals surface area contributed by atoms with Crippen LogP contribution in [-0.4, -0.2) is 51.8 Å². The Bertz CT molecular complexity index is 551. The fraction of sp³-hybridized carbons (Fsp3) is 0.444. The standard InChI is InChI=1S/C18H24O7/c1-14(2)17(19)23-12-10-21-8-9-22-11-13-24-18(20)25-16-6-4-15(3)5-7-16/h4-7H,1,8-13H2,2-3H3. The highest BCUT2D eigenvalue weighted by atomic mass is 16.7. The first-order chi connectivity index (χ1) is 12.0. The van der Waals surface area contributed by atoms with Crippen molar-refractivity contribution >= 4 is 12.1 Å². The summed E-state index contributed by atoms with van der Waals surface area (Å²) in [7, 11) is 0. The highest BCUT2D eigenvalue weighted by molar-refractivity contribution is 5.86. The predicted molar refractivity (Wildman–Crippen MR) is 90.6 cm³/mol. The van der Waals surface area contributed by atoms with Gasteiger partial charge in [0.15, 0.2) is 0 Å². The van der Waals surface area contributed by atoms with Crippen molar-refractivity contribution in [2.75, 3.05) is 39.6 Å². The second kappa shape index (κ2) is 12.0. The van der Waals surface area contributed by atoms with Crippen molar-refractivity contribution in [2.45, 2.75) is 13.8 Å². The molecule has 1 aromatic rings. The SMILES string of the molecule is C=C(C)C(=O)OCCOCCOCCOC(=O)Oc1ccc(C)cc1. The van der Waals surface area contributed by atoms with Gasteiger partial charge in [0.1, 0.15) is 19.0 Å². The molecule has 0 radical (unpaired) electrons. The topological polar surface area (TPSA) is 80.3 Å². The van der Waals surface area contributed by atoms with E-state index in [0.29, 0.717) is 24.5 Å². The summed E-state index contributed by atoms with van der Waals surface area (Å²) in [5.74, 6) is -0.00760. The second-order valence-electron chi connectivity index (χ2n) is 5.15. The molecule has 0 spiro atoms. The van der Waals surface area contributed by atoms with Gasteiger partial charge < -0.3 is 23.7 Å². The summed E-state index contributed by atoms with van der Waals surface area (Å²) < 4.78 is 25.2. The lowest BCUT2D eigenvalue weighted by molar-refractivity contribution is -0.140. The van der Waals surface area contributed by atoms with Crippen LogP contribution in [0.1, 0.15) is 12.5 Å². The van der Waals surface area contributed by atoms with Crippen LogP contribution in [0.2, 0.25) is 0 Å². The van der Waals surface area contributed by atoms with E-state index >= 15 is 0 Å². The maximum Gasteiger partial charge on any atom is 0.513 e. The number of rotatable bonds is 11. The highest BCUT2D eigenvalue weighted by Gasteiger charge is 2.05. The van der Waals surface area contributed by atoms with Crippen molar-refractivity contribution in [3.63, 3.8) is 0 Å². The van der Waals surface area contributed by atoms with E-state index in [1.807, 2.05) is 19.1 Å². The largest absolute Gasteiger partial charge is 0.513 e. The molecule has 0 saturated carbocycles. The van der Waals surface area contributed by atoms with Crippen LogP contribution in [0.15, 0.2) is 36.4 Å². The van der Waals surface area contributed by atoms with Crippen molar-refractivity contribution in [3.8, 4) is 5.75 Å². The number of carbonyl (C=O) groups is 2. The molecule has 0 saturated heterocycles. The first-order valence-electron chi connectivity index (χ1n) is 7.88. The van der Waals surface area contributed by atoms with Crippen molar-refractivity contribution in [2.24, 2.45) is 0 Å². The predicted octanol–water partition coefficient (Wildman–Crippen LogP) is 2.66. The summed E-state index contributed by atoms with van der Waals surface area (Å²) in [5, 5.41) is 0. The van der Waals surface area contributed by atoms with Crippen LogP contribution < -0.4 is 4.74 Å². The van der Waals surface area contributed by atoms with Gasteiger partial charge in [-0.25, -0.2) is 9.59 Å². The molecule has 25 heavy (non-hydrogen) atoms. The minimum Gasteiger partial charge on any atom is -0.460 e. The van der Waals surface area contributed by atoms with Crippen LogP contribution in [0.4, 0.5) is 4.79 Å². The van der Waals surface area contributed by atoms with E-state index in [0.717, 1.165) is 5.56 Å². The normalized spacial score (nSPS) is 10.2. The van der Waals surface area contributed by atoms with E-state index in [-0.39, 0.29) is 26.4 Å². The zero-order valence-electron chi connectivity index (χ0n) is 14.6. The maximum atomic E-state index is 11.4. The van der Waals surface area contributed by atoms with Crippen molar-refractivity contribution < 1.29 is 33.3 Å². The first kappa shape index (κ1) is 20.7. The molecule has 0 unspecified atom stereocenters. The molecular formula is C18H24O7. The van der Waals surface area contributed by atoms with Crippen LogP contribution in [0.3, 0.4) is 0 Å². The molecule has 7 heteroatoms. The molecule has 0 aliphatic rings. The molecule has 0 heterocycles. The lowest BCUT2D eigenvalue weighted by atomic mass is 10.2. The molecule has 7 nitrogen and oxygen atoms in total. The Hall–Kier alpha value is -2.38. The molecule has 0 N–H and O–H groups in total. The zero-order valence-corrected chi connectivity index (χ0v) is 14.6. The third-order valence-electron chi connectivity index (χ3n) is 2.85. The van der Waals surface area contributed by atoms with Gasteiger partial charge in [0.25, 0.3) is 0 Å². The van der Waals surface area contributed by atoms with Crippen LogP contribution in [0.5, 0.6) is 5.75 Å². The summed E-state index contributed by atoms with van der Waals surface area (Å²) in [6.07, 6.45) is -0.775. The molecule has 0 fully saturated rings. The monoisotopic (exact) mass is 352 g/mol. The molecule has 0 aliphatic heterocycles. The van der Waals surface area contributed by atoms with E-state index in [1.165, 1.54) is 0 Å². The summed E-state index contributed by atoms with van der Waals surface area (Å²) in [6.45, 7) is 8.44. The van der Waals surface area contributed by atoms with Crippen molar-refractivity contribution in [3.05, 3.63) is 42.0 Å². The van der Waals surface area contributed by atoms with Crippen molar-refractivity contribution in [1.82, 2.24) is 0 Å². The first-order valence-corrected chi connectivity index (χ1v) is 7.88. The number of hydrogen-bond donors (Lipinski definition) is 0. The Morgan fingerprint density at radius 2 is 1.40 bits per heavy atom. The van der Waals surface area contributed by atoms with E-state index < -0.39 is 12.1 Å². The fourth-order valence-corrected chi connectivity index (χ4v) is 1.55. The van der Waals surface area contributed by atoms with Gasteiger partial charge in [0.2, 0.25) is 0 Å². The number of carbonyl (C=O) groups excluding carboxylic acids is 2. The summed E-state index contributed by atoms with van der Waals surface area (Å²) in [6, 6.07) is 7.06. The number of hydrogen-bond acceptors (Lipinski definition) is 7. The Kier molecular flexibility index (Phi) is 9.96. The van der Waals surface area contributed by atoms with Crippen LogP contribution in [-0.2, 0) is 23.7 Å². The molecule has 0 amide bonds. The fourth-order valence-electron chi connectivity index (χ4n) is 1.55. The van der Waals surface area contributed by atoms with E-state index in [2.05, 4.69) is 6.58 Å². The van der Waals surface area contributed by atoms with Gasteiger partial charge in [-0.15, -0.1) is 0 Å². The zero-order chi connectivity index (χ0) is 18.5. The van der Waals surface area contributed by atoms with Crippen molar-refractivity contribution in [1.29, 1.82) is 0 Å². The lowest BCUT2D eigenvalue weighted by Gasteiger charge is -2.08. The molecule has 0 atom stereocenters. The minimum absolute atomic E-state index is 0.0842. The van der Waals surface area contributed by atoms with Gasteiger partial charge in [-0.05, 0) is 26.0 Å². The Balaban J connectivity index is 1.93. The van der Waals surface area contributed by atoms with Gasteiger partial charge in [0.05, 0.1) is 26.4 Å². The number of esters is 1. The summed E-state index contributed by atoms with van der Waals surface area (Å²) in [5.41, 5.74) is 1.43. The van der Waals surface area contributed by atoms with Gasteiger partial charge in [-0.2, -0.15) is 0 Å². The number of aryl methyl sites for hydroxylation is 1. The van der Waals surface area contributed by atoms with Crippen LogP contribution in [0.25, 0.3) is 0 Å².